The Morgan fingerprint density at radius 1 is 1.33 bits per heavy atom. The molecule has 0 radical (unpaired) electrons. The van der Waals surface area contributed by atoms with Crippen LogP contribution in [0, 0.1) is 5.92 Å². The molecule has 5 nitrogen and oxygen atoms in total. The van der Waals surface area contributed by atoms with Gasteiger partial charge in [0.25, 0.3) is 0 Å². The summed E-state index contributed by atoms with van der Waals surface area (Å²) in [5.41, 5.74) is 0. The highest BCUT2D eigenvalue weighted by Gasteiger charge is 2.22. The van der Waals surface area contributed by atoms with Crippen molar-refractivity contribution in [3.05, 3.63) is 0 Å². The molecule has 0 aromatic carbocycles. The topological polar surface area (TPSA) is 56.8 Å². The smallest absolute Gasteiger partial charge is 0.249 e. The van der Waals surface area contributed by atoms with Crippen LogP contribution in [-0.4, -0.2) is 51.6 Å². The molecule has 5 heteroatoms. The summed E-state index contributed by atoms with van der Waals surface area (Å²) in [6, 6.07) is 0. The van der Waals surface area contributed by atoms with Crippen LogP contribution in [0.1, 0.15) is 25.7 Å². The Morgan fingerprint density at radius 3 is 3.00 bits per heavy atom. The molecular formula is C13H23NO4. The van der Waals surface area contributed by atoms with Crippen LogP contribution >= 0.6 is 0 Å². The van der Waals surface area contributed by atoms with Crippen LogP contribution < -0.4 is 5.32 Å². The van der Waals surface area contributed by atoms with Gasteiger partial charge in [-0.05, 0) is 25.7 Å². The van der Waals surface area contributed by atoms with Crippen molar-refractivity contribution in [1.82, 2.24) is 5.32 Å². The number of hydrogen-bond acceptors (Lipinski definition) is 4. The van der Waals surface area contributed by atoms with Gasteiger partial charge in [0.2, 0.25) is 5.91 Å². The van der Waals surface area contributed by atoms with Gasteiger partial charge in [0.05, 0.1) is 13.2 Å². The lowest BCUT2D eigenvalue weighted by molar-refractivity contribution is -0.130. The molecular weight excluding hydrogens is 234 g/mol. The first kappa shape index (κ1) is 13.8. The van der Waals surface area contributed by atoms with Crippen LogP contribution in [0.3, 0.4) is 0 Å². The van der Waals surface area contributed by atoms with Crippen molar-refractivity contribution in [2.75, 3.05) is 39.6 Å². The Bertz CT molecular complexity index is 247. The number of carbonyl (C=O) groups is 1. The Labute approximate surface area is 108 Å². The summed E-state index contributed by atoms with van der Waals surface area (Å²) in [6.45, 7) is 4.55. The summed E-state index contributed by atoms with van der Waals surface area (Å²) < 4.78 is 16.1. The fourth-order valence-electron chi connectivity index (χ4n) is 2.25. The molecule has 2 rings (SSSR count). The highest BCUT2D eigenvalue weighted by atomic mass is 16.5. The number of amides is 1. The van der Waals surface area contributed by atoms with Crippen molar-refractivity contribution in [3.63, 3.8) is 0 Å². The molecule has 0 bridgehead atoms. The minimum atomic E-state index is -0.221. The minimum absolute atomic E-state index is 0.0247. The van der Waals surface area contributed by atoms with Gasteiger partial charge >= 0.3 is 0 Å². The first-order chi connectivity index (χ1) is 8.86. The number of nitrogens with one attached hydrogen (secondary N) is 1. The molecule has 2 atom stereocenters. The van der Waals surface area contributed by atoms with Gasteiger partial charge in [0.15, 0.2) is 0 Å². The Kier molecular flexibility index (Phi) is 5.90. The Morgan fingerprint density at radius 2 is 2.28 bits per heavy atom. The molecule has 18 heavy (non-hydrogen) atoms. The molecule has 2 unspecified atom stereocenters. The molecule has 2 aliphatic heterocycles. The molecule has 1 amide bonds. The molecule has 1 N–H and O–H groups in total. The summed E-state index contributed by atoms with van der Waals surface area (Å²) >= 11 is 0. The summed E-state index contributed by atoms with van der Waals surface area (Å²) in [6.07, 6.45) is 3.58. The number of hydrogen-bond donors (Lipinski definition) is 1. The number of ether oxygens (including phenoxy) is 3. The van der Waals surface area contributed by atoms with Crippen molar-refractivity contribution in [2.45, 2.75) is 31.8 Å². The Balaban J connectivity index is 1.42. The highest BCUT2D eigenvalue weighted by Crippen LogP contribution is 2.12. The normalized spacial score (nSPS) is 27.6. The zero-order valence-electron chi connectivity index (χ0n) is 10.9. The van der Waals surface area contributed by atoms with Crippen LogP contribution in [0.15, 0.2) is 0 Å². The predicted molar refractivity (Wildman–Crippen MR) is 66.3 cm³/mol. The maximum atomic E-state index is 11.6. The second-order valence-corrected chi connectivity index (χ2v) is 4.95. The van der Waals surface area contributed by atoms with E-state index in [1.807, 2.05) is 0 Å². The van der Waals surface area contributed by atoms with Crippen LogP contribution in [-0.2, 0) is 19.0 Å². The monoisotopic (exact) mass is 257 g/mol. The van der Waals surface area contributed by atoms with Gasteiger partial charge in [-0.25, -0.2) is 0 Å². The molecule has 2 saturated heterocycles. The van der Waals surface area contributed by atoms with E-state index in [0.717, 1.165) is 45.5 Å². The van der Waals surface area contributed by atoms with E-state index < -0.39 is 0 Å². The lowest BCUT2D eigenvalue weighted by atomic mass is 10.1. The zero-order chi connectivity index (χ0) is 12.6. The molecule has 104 valence electrons. The fourth-order valence-corrected chi connectivity index (χ4v) is 2.25. The summed E-state index contributed by atoms with van der Waals surface area (Å²) in [7, 11) is 0. The van der Waals surface area contributed by atoms with Gasteiger partial charge < -0.3 is 19.5 Å². The van der Waals surface area contributed by atoms with Gasteiger partial charge in [-0.15, -0.1) is 0 Å². The Hall–Kier alpha value is -0.650. The summed E-state index contributed by atoms with van der Waals surface area (Å²) in [5.74, 6) is 0.586. The van der Waals surface area contributed by atoms with E-state index >= 15 is 0 Å². The lowest BCUT2D eigenvalue weighted by Crippen LogP contribution is -2.35. The van der Waals surface area contributed by atoms with E-state index in [4.69, 9.17) is 14.2 Å². The third kappa shape index (κ3) is 4.55. The SMILES string of the molecule is O=C(NCCCOCC1CCOC1)C1CCCO1. The number of carbonyl (C=O) groups excluding carboxylic acids is 1. The average molecular weight is 257 g/mol. The lowest BCUT2D eigenvalue weighted by Gasteiger charge is -2.11. The zero-order valence-corrected chi connectivity index (χ0v) is 10.9. The molecule has 0 aromatic heterocycles. The maximum absolute atomic E-state index is 11.6. The average Bonchev–Trinajstić information content (AvgIpc) is 3.05. The maximum Gasteiger partial charge on any atom is 0.249 e. The van der Waals surface area contributed by atoms with Crippen LogP contribution in [0.2, 0.25) is 0 Å². The van der Waals surface area contributed by atoms with Crippen LogP contribution in [0.5, 0.6) is 0 Å². The third-order valence-corrected chi connectivity index (χ3v) is 3.36. The molecule has 2 heterocycles. The van der Waals surface area contributed by atoms with E-state index in [1.165, 1.54) is 0 Å². The molecule has 2 aliphatic rings. The quantitative estimate of drug-likeness (QED) is 0.683. The molecule has 0 saturated carbocycles. The standard InChI is InChI=1S/C13H23NO4/c15-13(12-3-1-7-18-12)14-5-2-6-16-9-11-4-8-17-10-11/h11-12H,1-10H2,(H,14,15). The van der Waals surface area contributed by atoms with Gasteiger partial charge in [-0.3, -0.25) is 4.79 Å². The van der Waals surface area contributed by atoms with Gasteiger partial charge in [0.1, 0.15) is 6.10 Å². The van der Waals surface area contributed by atoms with Crippen molar-refractivity contribution in [1.29, 1.82) is 0 Å². The first-order valence-electron chi connectivity index (χ1n) is 6.91. The van der Waals surface area contributed by atoms with Crippen LogP contribution in [0.25, 0.3) is 0 Å². The third-order valence-electron chi connectivity index (χ3n) is 3.36. The van der Waals surface area contributed by atoms with E-state index in [1.54, 1.807) is 0 Å². The summed E-state index contributed by atoms with van der Waals surface area (Å²) in [4.78, 5) is 11.6. The molecule has 2 fully saturated rings. The van der Waals surface area contributed by atoms with Gasteiger partial charge in [-0.1, -0.05) is 0 Å². The van der Waals surface area contributed by atoms with E-state index in [9.17, 15) is 4.79 Å². The van der Waals surface area contributed by atoms with Gasteiger partial charge in [-0.2, -0.15) is 0 Å². The van der Waals surface area contributed by atoms with E-state index in [2.05, 4.69) is 5.32 Å². The largest absolute Gasteiger partial charge is 0.381 e. The first-order valence-corrected chi connectivity index (χ1v) is 6.91. The van der Waals surface area contributed by atoms with E-state index in [0.29, 0.717) is 25.7 Å². The van der Waals surface area contributed by atoms with Crippen molar-refractivity contribution in [2.24, 2.45) is 5.92 Å². The molecule has 0 aromatic rings. The van der Waals surface area contributed by atoms with Crippen LogP contribution in [0.4, 0.5) is 0 Å². The fraction of sp³-hybridized carbons (Fsp3) is 0.923. The van der Waals surface area contributed by atoms with Crippen molar-refractivity contribution >= 4 is 5.91 Å². The number of rotatable bonds is 7. The highest BCUT2D eigenvalue weighted by molar-refractivity contribution is 5.80. The van der Waals surface area contributed by atoms with Crippen molar-refractivity contribution < 1.29 is 19.0 Å². The molecule has 0 aliphatic carbocycles. The molecule has 0 spiro atoms. The second-order valence-electron chi connectivity index (χ2n) is 4.95. The minimum Gasteiger partial charge on any atom is -0.381 e. The second kappa shape index (κ2) is 7.71. The van der Waals surface area contributed by atoms with Gasteiger partial charge in [0, 0.05) is 32.3 Å². The van der Waals surface area contributed by atoms with Crippen molar-refractivity contribution in [3.8, 4) is 0 Å². The predicted octanol–water partition coefficient (Wildman–Crippen LogP) is 0.725. The van der Waals surface area contributed by atoms with E-state index in [-0.39, 0.29) is 12.0 Å². The summed E-state index contributed by atoms with van der Waals surface area (Å²) in [5, 5.41) is 2.88.